The van der Waals surface area contributed by atoms with Crippen LogP contribution in [0.2, 0.25) is 0 Å². The second-order valence-electron chi connectivity index (χ2n) is 5.32. The number of carbonyl (C=O) groups excluding carboxylic acids is 3. The monoisotopic (exact) mass is 420 g/mol. The predicted octanol–water partition coefficient (Wildman–Crippen LogP) is 2.74. The molecule has 0 aromatic heterocycles. The van der Waals surface area contributed by atoms with Gasteiger partial charge in [-0.05, 0) is 65.3 Å². The van der Waals surface area contributed by atoms with Crippen molar-refractivity contribution in [1.29, 1.82) is 0 Å². The van der Waals surface area contributed by atoms with Crippen molar-refractivity contribution in [1.82, 2.24) is 0 Å². The number of primary amides is 1. The number of halogens is 1. The molecule has 0 aliphatic rings. The number of hydrogen-bond acceptors (Lipinski definition) is 5. The first-order valence-electron chi connectivity index (χ1n) is 7.57. The lowest BCUT2D eigenvalue weighted by atomic mass is 10.2. The molecule has 3 N–H and O–H groups in total. The molecular formula is C18H17BrN2O5. The Labute approximate surface area is 158 Å². The molecule has 0 saturated carbocycles. The molecule has 2 rings (SSSR count). The van der Waals surface area contributed by atoms with Crippen molar-refractivity contribution in [3.05, 3.63) is 58.1 Å². The van der Waals surface area contributed by atoms with E-state index in [1.54, 1.807) is 12.1 Å². The molecule has 0 radical (unpaired) electrons. The van der Waals surface area contributed by atoms with E-state index < -0.39 is 23.9 Å². The summed E-state index contributed by atoms with van der Waals surface area (Å²) in [5.41, 5.74) is 6.18. The lowest BCUT2D eigenvalue weighted by Crippen LogP contribution is -2.30. The standard InChI is InChI=1S/C18H17BrN2O5/c1-10(17(23)21-12-5-3-11(4-6-12)16(20)22)26-18(24)14-9-13(25-2)7-8-15(14)19/h3-10H,1-2H3,(H2,20,22)(H,21,23). The summed E-state index contributed by atoms with van der Waals surface area (Å²) in [5, 5.41) is 2.60. The number of carbonyl (C=O) groups is 3. The van der Waals surface area contributed by atoms with E-state index in [9.17, 15) is 14.4 Å². The third-order valence-corrected chi connectivity index (χ3v) is 4.17. The SMILES string of the molecule is COc1ccc(Br)c(C(=O)OC(C)C(=O)Nc2ccc(C(N)=O)cc2)c1. The lowest BCUT2D eigenvalue weighted by Gasteiger charge is -2.14. The van der Waals surface area contributed by atoms with Gasteiger partial charge in [0.15, 0.2) is 6.10 Å². The molecule has 2 aromatic rings. The molecule has 0 saturated heterocycles. The number of anilines is 1. The Balaban J connectivity index is 2.02. The number of hydrogen-bond donors (Lipinski definition) is 2. The number of rotatable bonds is 6. The van der Waals surface area contributed by atoms with Gasteiger partial charge in [0.1, 0.15) is 5.75 Å². The minimum Gasteiger partial charge on any atom is -0.497 e. The first kappa shape index (κ1) is 19.5. The number of nitrogens with two attached hydrogens (primary N) is 1. The Morgan fingerprint density at radius 1 is 1.12 bits per heavy atom. The highest BCUT2D eigenvalue weighted by Gasteiger charge is 2.21. The lowest BCUT2D eigenvalue weighted by molar-refractivity contribution is -0.123. The number of methoxy groups -OCH3 is 1. The van der Waals surface area contributed by atoms with Crippen molar-refractivity contribution in [3.63, 3.8) is 0 Å². The number of esters is 1. The molecule has 0 aliphatic heterocycles. The van der Waals surface area contributed by atoms with Gasteiger partial charge in [-0.15, -0.1) is 0 Å². The normalized spacial score (nSPS) is 11.3. The van der Waals surface area contributed by atoms with Gasteiger partial charge in [0, 0.05) is 15.7 Å². The zero-order chi connectivity index (χ0) is 19.3. The number of benzene rings is 2. The average molecular weight is 421 g/mol. The number of ether oxygens (including phenoxy) is 2. The van der Waals surface area contributed by atoms with E-state index in [0.717, 1.165) is 0 Å². The molecule has 0 bridgehead atoms. The Morgan fingerprint density at radius 2 is 1.77 bits per heavy atom. The molecule has 0 aliphatic carbocycles. The van der Waals surface area contributed by atoms with E-state index in [1.807, 2.05) is 0 Å². The van der Waals surface area contributed by atoms with Crippen LogP contribution in [-0.2, 0) is 9.53 Å². The summed E-state index contributed by atoms with van der Waals surface area (Å²) in [6.07, 6.45) is -1.03. The third kappa shape index (κ3) is 4.82. The predicted molar refractivity (Wildman–Crippen MR) is 99.2 cm³/mol. The summed E-state index contributed by atoms with van der Waals surface area (Å²) in [6.45, 7) is 1.46. The van der Waals surface area contributed by atoms with Crippen LogP contribution in [0.1, 0.15) is 27.6 Å². The maximum absolute atomic E-state index is 12.3. The fourth-order valence-electron chi connectivity index (χ4n) is 2.03. The summed E-state index contributed by atoms with van der Waals surface area (Å²) in [7, 11) is 1.48. The molecule has 26 heavy (non-hydrogen) atoms. The van der Waals surface area contributed by atoms with Crippen molar-refractivity contribution < 1.29 is 23.9 Å². The molecule has 0 heterocycles. The molecule has 2 amide bonds. The van der Waals surface area contributed by atoms with E-state index in [-0.39, 0.29) is 5.56 Å². The van der Waals surface area contributed by atoms with Gasteiger partial charge in [-0.1, -0.05) is 0 Å². The topological polar surface area (TPSA) is 108 Å². The minimum absolute atomic E-state index is 0.245. The van der Waals surface area contributed by atoms with Crippen molar-refractivity contribution in [2.24, 2.45) is 5.73 Å². The molecule has 1 unspecified atom stereocenters. The van der Waals surface area contributed by atoms with E-state index in [4.69, 9.17) is 15.2 Å². The van der Waals surface area contributed by atoms with Crippen LogP contribution in [0, 0.1) is 0 Å². The van der Waals surface area contributed by atoms with Crippen molar-refractivity contribution in [3.8, 4) is 5.75 Å². The van der Waals surface area contributed by atoms with Gasteiger partial charge >= 0.3 is 5.97 Å². The minimum atomic E-state index is -1.03. The second kappa shape index (κ2) is 8.48. The highest BCUT2D eigenvalue weighted by atomic mass is 79.9. The Hall–Kier alpha value is -2.87. The summed E-state index contributed by atoms with van der Waals surface area (Å²) in [6, 6.07) is 10.9. The summed E-state index contributed by atoms with van der Waals surface area (Å²) < 4.78 is 10.8. The van der Waals surface area contributed by atoms with Gasteiger partial charge in [-0.2, -0.15) is 0 Å². The average Bonchev–Trinajstić information content (AvgIpc) is 2.62. The highest BCUT2D eigenvalue weighted by molar-refractivity contribution is 9.10. The van der Waals surface area contributed by atoms with Crippen LogP contribution < -0.4 is 15.8 Å². The maximum Gasteiger partial charge on any atom is 0.340 e. The third-order valence-electron chi connectivity index (χ3n) is 3.48. The molecule has 7 nitrogen and oxygen atoms in total. The summed E-state index contributed by atoms with van der Waals surface area (Å²) in [4.78, 5) is 35.5. The van der Waals surface area contributed by atoms with Crippen LogP contribution in [0.15, 0.2) is 46.9 Å². The van der Waals surface area contributed by atoms with Gasteiger partial charge in [-0.25, -0.2) is 4.79 Å². The van der Waals surface area contributed by atoms with E-state index >= 15 is 0 Å². The number of amides is 2. The zero-order valence-electron chi connectivity index (χ0n) is 14.1. The van der Waals surface area contributed by atoms with Gasteiger partial charge in [0.25, 0.3) is 5.91 Å². The largest absolute Gasteiger partial charge is 0.497 e. The van der Waals surface area contributed by atoms with Gasteiger partial charge in [-0.3, -0.25) is 9.59 Å². The van der Waals surface area contributed by atoms with Crippen LogP contribution >= 0.6 is 15.9 Å². The van der Waals surface area contributed by atoms with Gasteiger partial charge in [0.05, 0.1) is 12.7 Å². The first-order chi connectivity index (χ1) is 12.3. The Morgan fingerprint density at radius 3 is 2.35 bits per heavy atom. The summed E-state index contributed by atoms with van der Waals surface area (Å²) >= 11 is 3.26. The van der Waals surface area contributed by atoms with E-state index in [1.165, 1.54) is 44.4 Å². The van der Waals surface area contributed by atoms with Crippen LogP contribution in [0.3, 0.4) is 0 Å². The summed E-state index contributed by atoms with van der Waals surface area (Å²) in [5.74, 6) is -1.24. The first-order valence-corrected chi connectivity index (χ1v) is 8.36. The molecular weight excluding hydrogens is 404 g/mol. The van der Waals surface area contributed by atoms with Crippen LogP contribution in [-0.4, -0.2) is 31.0 Å². The molecule has 2 aromatic carbocycles. The van der Waals surface area contributed by atoms with E-state index in [2.05, 4.69) is 21.2 Å². The van der Waals surface area contributed by atoms with E-state index in [0.29, 0.717) is 21.5 Å². The maximum atomic E-state index is 12.3. The Bertz CT molecular complexity index is 836. The molecule has 0 fully saturated rings. The van der Waals surface area contributed by atoms with Crippen molar-refractivity contribution >= 4 is 39.4 Å². The van der Waals surface area contributed by atoms with Gasteiger partial charge in [0.2, 0.25) is 5.91 Å². The highest BCUT2D eigenvalue weighted by Crippen LogP contribution is 2.23. The molecule has 136 valence electrons. The van der Waals surface area contributed by atoms with Crippen molar-refractivity contribution in [2.45, 2.75) is 13.0 Å². The smallest absolute Gasteiger partial charge is 0.340 e. The van der Waals surface area contributed by atoms with Gasteiger partial charge < -0.3 is 20.5 Å². The van der Waals surface area contributed by atoms with Crippen LogP contribution in [0.25, 0.3) is 0 Å². The quantitative estimate of drug-likeness (QED) is 0.698. The van der Waals surface area contributed by atoms with Crippen molar-refractivity contribution in [2.75, 3.05) is 12.4 Å². The Kier molecular flexibility index (Phi) is 6.35. The fraction of sp³-hybridized carbons (Fsp3) is 0.167. The zero-order valence-corrected chi connectivity index (χ0v) is 15.7. The molecule has 0 spiro atoms. The van der Waals surface area contributed by atoms with Crippen LogP contribution in [0.4, 0.5) is 5.69 Å². The number of nitrogens with one attached hydrogen (secondary N) is 1. The van der Waals surface area contributed by atoms with Crippen LogP contribution in [0.5, 0.6) is 5.75 Å². The fourth-order valence-corrected chi connectivity index (χ4v) is 2.44. The second-order valence-corrected chi connectivity index (χ2v) is 6.18. The molecule has 8 heteroatoms. The molecule has 1 atom stereocenters.